The molecule has 0 unspecified atom stereocenters. The lowest BCUT2D eigenvalue weighted by molar-refractivity contribution is 0.0951. The first-order chi connectivity index (χ1) is 10.7. The Hall–Kier alpha value is -2.40. The summed E-state index contributed by atoms with van der Waals surface area (Å²) in [6.07, 6.45) is 3.76. The van der Waals surface area contributed by atoms with Crippen molar-refractivity contribution in [2.75, 3.05) is 13.1 Å². The van der Waals surface area contributed by atoms with E-state index in [1.165, 1.54) is 6.20 Å². The molecule has 0 radical (unpaired) electrons. The molecule has 1 aromatic carbocycles. The average Bonchev–Trinajstić information content (AvgIpc) is 2.55. The zero-order valence-corrected chi connectivity index (χ0v) is 12.6. The van der Waals surface area contributed by atoms with E-state index in [0.717, 1.165) is 0 Å². The molecule has 2 N–H and O–H groups in total. The second kappa shape index (κ2) is 8.14. The van der Waals surface area contributed by atoms with Crippen LogP contribution in [0.1, 0.15) is 27.1 Å². The fraction of sp³-hybridized carbons (Fsp3) is 0.188. The summed E-state index contributed by atoms with van der Waals surface area (Å²) < 4.78 is 0. The Morgan fingerprint density at radius 3 is 2.32 bits per heavy atom. The van der Waals surface area contributed by atoms with Crippen LogP contribution in [0.15, 0.2) is 48.8 Å². The minimum Gasteiger partial charge on any atom is -0.352 e. The highest BCUT2D eigenvalue weighted by Crippen LogP contribution is 2.10. The summed E-state index contributed by atoms with van der Waals surface area (Å²) in [7, 11) is 0. The van der Waals surface area contributed by atoms with Crippen molar-refractivity contribution in [3.63, 3.8) is 0 Å². The van der Waals surface area contributed by atoms with E-state index in [4.69, 9.17) is 11.6 Å². The quantitative estimate of drug-likeness (QED) is 0.803. The van der Waals surface area contributed by atoms with E-state index in [0.29, 0.717) is 35.7 Å². The molecule has 0 fully saturated rings. The van der Waals surface area contributed by atoms with Gasteiger partial charge in [-0.05, 0) is 36.8 Å². The monoisotopic (exact) mass is 317 g/mol. The molecule has 6 heteroatoms. The van der Waals surface area contributed by atoms with Crippen molar-refractivity contribution in [3.05, 3.63) is 64.9 Å². The molecule has 0 spiro atoms. The summed E-state index contributed by atoms with van der Waals surface area (Å²) in [5, 5.41) is 6.07. The summed E-state index contributed by atoms with van der Waals surface area (Å²) in [5.41, 5.74) is 1.04. The SMILES string of the molecule is O=C(NCCCNC(=O)c1cccc(Cl)c1)c1cccnc1. The van der Waals surface area contributed by atoms with Gasteiger partial charge in [-0.25, -0.2) is 0 Å². The second-order valence-corrected chi connectivity index (χ2v) is 5.05. The predicted molar refractivity (Wildman–Crippen MR) is 85.0 cm³/mol. The summed E-state index contributed by atoms with van der Waals surface area (Å²) in [4.78, 5) is 27.5. The van der Waals surface area contributed by atoms with E-state index in [9.17, 15) is 9.59 Å². The van der Waals surface area contributed by atoms with E-state index in [1.54, 1.807) is 42.6 Å². The van der Waals surface area contributed by atoms with E-state index in [2.05, 4.69) is 15.6 Å². The van der Waals surface area contributed by atoms with E-state index >= 15 is 0 Å². The van der Waals surface area contributed by atoms with Crippen LogP contribution in [0.4, 0.5) is 0 Å². The number of pyridine rings is 1. The molecule has 114 valence electrons. The largest absolute Gasteiger partial charge is 0.352 e. The van der Waals surface area contributed by atoms with Crippen molar-refractivity contribution < 1.29 is 9.59 Å². The summed E-state index contributed by atoms with van der Waals surface area (Å²) in [6.45, 7) is 0.947. The molecule has 0 aliphatic carbocycles. The Morgan fingerprint density at radius 2 is 1.68 bits per heavy atom. The molecule has 1 heterocycles. The highest BCUT2D eigenvalue weighted by molar-refractivity contribution is 6.30. The minimum absolute atomic E-state index is 0.172. The third kappa shape index (κ3) is 4.86. The number of carbonyl (C=O) groups is 2. The number of nitrogens with zero attached hydrogens (tertiary/aromatic N) is 1. The van der Waals surface area contributed by atoms with Crippen molar-refractivity contribution in [3.8, 4) is 0 Å². The maximum Gasteiger partial charge on any atom is 0.252 e. The average molecular weight is 318 g/mol. The zero-order chi connectivity index (χ0) is 15.8. The smallest absolute Gasteiger partial charge is 0.252 e. The van der Waals surface area contributed by atoms with Gasteiger partial charge in [-0.15, -0.1) is 0 Å². The molecule has 22 heavy (non-hydrogen) atoms. The third-order valence-corrected chi connectivity index (χ3v) is 3.17. The Morgan fingerprint density at radius 1 is 1.00 bits per heavy atom. The second-order valence-electron chi connectivity index (χ2n) is 4.62. The topological polar surface area (TPSA) is 71.1 Å². The molecule has 0 aliphatic rings. The molecule has 0 saturated carbocycles. The highest BCUT2D eigenvalue weighted by atomic mass is 35.5. The molecule has 0 saturated heterocycles. The normalized spacial score (nSPS) is 10.0. The van der Waals surface area contributed by atoms with Crippen LogP contribution < -0.4 is 10.6 Å². The maximum absolute atomic E-state index is 11.9. The molecule has 2 aromatic rings. The van der Waals surface area contributed by atoms with Crippen LogP contribution in [0.2, 0.25) is 5.02 Å². The zero-order valence-electron chi connectivity index (χ0n) is 11.9. The molecule has 1 aromatic heterocycles. The van der Waals surface area contributed by atoms with Crippen molar-refractivity contribution in [2.45, 2.75) is 6.42 Å². The number of amides is 2. The van der Waals surface area contributed by atoms with Crippen molar-refractivity contribution in [2.24, 2.45) is 0 Å². The van der Waals surface area contributed by atoms with E-state index in [1.807, 2.05) is 0 Å². The van der Waals surface area contributed by atoms with Crippen LogP contribution >= 0.6 is 11.6 Å². The molecule has 0 aliphatic heterocycles. The first-order valence-corrected chi connectivity index (χ1v) is 7.26. The first kappa shape index (κ1) is 16.0. The Bertz CT molecular complexity index is 647. The van der Waals surface area contributed by atoms with Crippen LogP contribution in [-0.4, -0.2) is 29.9 Å². The van der Waals surface area contributed by atoms with Crippen molar-refractivity contribution in [1.82, 2.24) is 15.6 Å². The van der Waals surface area contributed by atoms with E-state index in [-0.39, 0.29) is 11.8 Å². The first-order valence-electron chi connectivity index (χ1n) is 6.89. The Kier molecular flexibility index (Phi) is 5.91. The van der Waals surface area contributed by atoms with Gasteiger partial charge in [0.1, 0.15) is 0 Å². The lowest BCUT2D eigenvalue weighted by Crippen LogP contribution is -2.29. The molecule has 0 atom stereocenters. The Balaban J connectivity index is 1.67. The van der Waals surface area contributed by atoms with Gasteiger partial charge in [0, 0.05) is 36.1 Å². The fourth-order valence-corrected chi connectivity index (χ4v) is 2.01. The maximum atomic E-state index is 11.9. The highest BCUT2D eigenvalue weighted by Gasteiger charge is 2.06. The van der Waals surface area contributed by atoms with Gasteiger partial charge in [-0.3, -0.25) is 14.6 Å². The van der Waals surface area contributed by atoms with Gasteiger partial charge in [-0.2, -0.15) is 0 Å². The molecular weight excluding hydrogens is 302 g/mol. The van der Waals surface area contributed by atoms with Crippen LogP contribution in [0, 0.1) is 0 Å². The van der Waals surface area contributed by atoms with Crippen LogP contribution in [0.5, 0.6) is 0 Å². The van der Waals surface area contributed by atoms with Gasteiger partial charge in [0.15, 0.2) is 0 Å². The molecule has 2 amide bonds. The summed E-state index contributed by atoms with van der Waals surface area (Å²) in [6, 6.07) is 10.2. The van der Waals surface area contributed by atoms with Crippen LogP contribution in [0.25, 0.3) is 0 Å². The number of rotatable bonds is 6. The number of hydrogen-bond acceptors (Lipinski definition) is 3. The van der Waals surface area contributed by atoms with Gasteiger partial charge in [0.2, 0.25) is 0 Å². The molecule has 5 nitrogen and oxygen atoms in total. The predicted octanol–water partition coefficient (Wildman–Crippen LogP) is 2.28. The standard InChI is InChI=1S/C16H16ClN3O2/c17-14-6-1-4-12(10-14)15(21)19-8-3-9-20-16(22)13-5-2-7-18-11-13/h1-2,4-7,10-11H,3,8-9H2,(H,19,21)(H,20,22). The lowest BCUT2D eigenvalue weighted by Gasteiger charge is -2.07. The lowest BCUT2D eigenvalue weighted by atomic mass is 10.2. The van der Waals surface area contributed by atoms with E-state index < -0.39 is 0 Å². The molecular formula is C16H16ClN3O2. The number of carbonyl (C=O) groups excluding carboxylic acids is 2. The number of benzene rings is 1. The number of aromatic nitrogens is 1. The van der Waals surface area contributed by atoms with Gasteiger partial charge in [0.05, 0.1) is 5.56 Å². The molecule has 2 rings (SSSR count). The van der Waals surface area contributed by atoms with Crippen LogP contribution in [0.3, 0.4) is 0 Å². The minimum atomic E-state index is -0.180. The van der Waals surface area contributed by atoms with Crippen LogP contribution in [-0.2, 0) is 0 Å². The Labute approximate surface area is 133 Å². The molecule has 0 bridgehead atoms. The van der Waals surface area contributed by atoms with Gasteiger partial charge in [0.25, 0.3) is 11.8 Å². The van der Waals surface area contributed by atoms with Gasteiger partial charge < -0.3 is 10.6 Å². The third-order valence-electron chi connectivity index (χ3n) is 2.94. The van der Waals surface area contributed by atoms with Gasteiger partial charge in [-0.1, -0.05) is 17.7 Å². The summed E-state index contributed by atoms with van der Waals surface area (Å²) >= 11 is 5.83. The van der Waals surface area contributed by atoms with Gasteiger partial charge >= 0.3 is 0 Å². The summed E-state index contributed by atoms with van der Waals surface area (Å²) in [5.74, 6) is -0.352. The van der Waals surface area contributed by atoms with Crippen molar-refractivity contribution >= 4 is 23.4 Å². The number of halogens is 1. The fourth-order valence-electron chi connectivity index (χ4n) is 1.82. The van der Waals surface area contributed by atoms with Crippen molar-refractivity contribution in [1.29, 1.82) is 0 Å². The number of hydrogen-bond donors (Lipinski definition) is 2. The number of nitrogens with one attached hydrogen (secondary N) is 2.